The van der Waals surface area contributed by atoms with E-state index in [1.165, 1.54) is 51.2 Å². The maximum absolute atomic E-state index is 14.5. The van der Waals surface area contributed by atoms with Gasteiger partial charge < -0.3 is 144 Å². The second kappa shape index (κ2) is 71.6. The van der Waals surface area contributed by atoms with E-state index in [9.17, 15) is 121 Å². The van der Waals surface area contributed by atoms with Crippen LogP contribution < -0.4 is 124 Å². The second-order valence-electron chi connectivity index (χ2n) is 41.1. The summed E-state index contributed by atoms with van der Waals surface area (Å²) in [6.45, 7) is 30.4. The van der Waals surface area contributed by atoms with Crippen molar-refractivity contribution in [2.45, 2.75) is 381 Å². The summed E-state index contributed by atoms with van der Waals surface area (Å²) in [5, 5.41) is 79.5. The van der Waals surface area contributed by atoms with Gasteiger partial charge in [0.15, 0.2) is 0 Å². The van der Waals surface area contributed by atoms with E-state index in [0.29, 0.717) is 50.8 Å². The number of amides is 21. The smallest absolute Gasteiger partial charge is 0.325 e. The molecule has 0 aliphatic carbocycles. The molecule has 0 aromatic carbocycles. The Bertz CT molecular complexity index is 4400. The highest BCUT2D eigenvalue weighted by atomic mass is 32.2. The molecule has 51 heteroatoms. The normalized spacial score (nSPS) is 16.7. The van der Waals surface area contributed by atoms with Crippen molar-refractivity contribution in [3.8, 4) is 0 Å². The van der Waals surface area contributed by atoms with E-state index in [4.69, 9.17) is 22.9 Å². The molecule has 1 aliphatic heterocycles. The molecular formula is C99H178N24O25S2. The minimum Gasteiger partial charge on any atom is -0.480 e. The van der Waals surface area contributed by atoms with Crippen molar-refractivity contribution in [3.63, 3.8) is 0 Å². The van der Waals surface area contributed by atoms with Gasteiger partial charge >= 0.3 is 5.97 Å². The number of nitrogens with zero attached hydrogens (tertiary/aromatic N) is 1. The zero-order valence-electron chi connectivity index (χ0n) is 91.7. The summed E-state index contributed by atoms with van der Waals surface area (Å²) in [4.78, 5) is 306. The van der Waals surface area contributed by atoms with E-state index >= 15 is 0 Å². The number of aliphatic hydroxyl groups excluding tert-OH is 2. The molecule has 1 saturated heterocycles. The minimum absolute atomic E-state index is 0.00309. The molecule has 1 rings (SSSR count). The SMILES string of the molecule is CC[C@H](C)[C@H](NC(=O)CNC(=O)[C@H](CC(C)C)NC(=O)[C@@H](NC(=O)[C@H](CCSC)NC(=O)[C@H](CC(C)C)NC(=O)[C@H](C)NC(=O)[C@H](CO)NC(=O)[C@H](C)NC(=O)[C@@H](NC(=O)[C@H](CCC(N)=O)NC(=O)[C@H](CCCCN)NC(=O)[C@H](CC(C)C)NC(=O)[C@H](CCCCN)NC(=O)[C@@H](N)CCSC)[C@@H](C)CC)C(C)C)C(=O)N[C@@H](CO)C(=O)N1CCC[C@H]1C(=O)N[C@@H](CC(C)C)C(=O)N[C@@H](C)C(=O)N[C@@H](CC(C)C)C(=O)N[C@@H](C)C(=O)O. The van der Waals surface area contributed by atoms with Gasteiger partial charge in [0.1, 0.15) is 115 Å². The fourth-order valence-electron chi connectivity index (χ4n) is 15.9. The van der Waals surface area contributed by atoms with Crippen LogP contribution in [0.15, 0.2) is 0 Å². The Morgan fingerprint density at radius 3 is 1.05 bits per heavy atom. The number of rotatable bonds is 74. The number of carboxylic acids is 1. The molecule has 150 heavy (non-hydrogen) atoms. The number of aliphatic carboxylic acids is 1. The Morgan fingerprint density at radius 1 is 0.340 bits per heavy atom. The lowest BCUT2D eigenvalue weighted by Gasteiger charge is -2.31. The molecule has 0 aromatic heterocycles. The number of carbonyl (C=O) groups excluding carboxylic acids is 21. The monoisotopic (exact) mass is 2170 g/mol. The Labute approximate surface area is 890 Å². The van der Waals surface area contributed by atoms with Gasteiger partial charge in [0, 0.05) is 13.0 Å². The van der Waals surface area contributed by atoms with Gasteiger partial charge in [-0.1, -0.05) is 124 Å². The molecule has 0 spiro atoms. The first-order valence-electron chi connectivity index (χ1n) is 52.2. The third-order valence-corrected chi connectivity index (χ3v) is 26.4. The maximum atomic E-state index is 14.5. The van der Waals surface area contributed by atoms with Gasteiger partial charge in [-0.2, -0.15) is 23.5 Å². The van der Waals surface area contributed by atoms with Gasteiger partial charge in [0.25, 0.3) is 0 Å². The Hall–Kier alpha value is -11.2. The second-order valence-corrected chi connectivity index (χ2v) is 43.1. The molecule has 0 unspecified atom stereocenters. The van der Waals surface area contributed by atoms with Crippen molar-refractivity contribution >= 4 is 154 Å². The van der Waals surface area contributed by atoms with E-state index in [1.807, 2.05) is 6.26 Å². The number of unbranched alkanes of at least 4 members (excludes halogenated alkanes) is 2. The topological polar surface area (TPSA) is 772 Å². The van der Waals surface area contributed by atoms with Gasteiger partial charge in [-0.05, 0) is 215 Å². The van der Waals surface area contributed by atoms with Gasteiger partial charge in [-0.25, -0.2) is 0 Å². The zero-order valence-corrected chi connectivity index (χ0v) is 93.3. The fourth-order valence-corrected chi connectivity index (χ4v) is 16.8. The Kier molecular flexibility index (Phi) is 65.3. The molecule has 1 aliphatic rings. The zero-order chi connectivity index (χ0) is 114. The van der Waals surface area contributed by atoms with Gasteiger partial charge in [-0.15, -0.1) is 0 Å². The molecule has 30 N–H and O–H groups in total. The predicted molar refractivity (Wildman–Crippen MR) is 566 cm³/mol. The molecule has 0 radical (unpaired) electrons. The van der Waals surface area contributed by atoms with E-state index in [0.717, 1.165) is 4.90 Å². The average Bonchev–Trinajstić information content (AvgIpc) is 1.65. The Morgan fingerprint density at radius 2 is 0.653 bits per heavy atom. The quantitative estimate of drug-likeness (QED) is 0.0261. The fraction of sp³-hybridized carbons (Fsp3) is 0.778. The van der Waals surface area contributed by atoms with Crippen LogP contribution in [0.4, 0.5) is 0 Å². The number of carboxylic acid groups (broad SMARTS) is 1. The standard InChI is InChI=1S/C99H178N24O25S2/c1-23-56(15)78(97(145)119-73(49-125)98(146)123-39-29-32-74(123)94(142)116-69(44-52(7)8)89(137)105-58(17)80(128)113-68(43-51(5)6)90(138)108-61(20)99(147)148)120-76(127)47-104-84(132)67(42-50(3)4)117-95(143)77(55(13)14)121-88(136)66(36-41-150-22)112-91(139)70(45-53(9)10)114-81(129)59(18)106-93(141)72(48-124)118-82(130)60(19)107-96(144)79(57(16)24-2)122-87(135)65(33-34-75(103)126)111-85(133)64(31-26-28-38-101)110-92(140)71(46-54(11)12)115-86(134)63(30-25-27-37-100)109-83(131)62(102)35-40-149-21/h50-74,77-79,124-125H,23-49,100-102H2,1-22H3,(H2,103,126)(H,104,132)(H,105,137)(H,106,141)(H,107,144)(H,108,138)(H,109,131)(H,110,140)(H,111,133)(H,112,139)(H,113,128)(H,114,129)(H,115,134)(H,116,142)(H,117,143)(H,118,130)(H,119,145)(H,120,127)(H,121,136)(H,122,135)(H,147,148)/t56-,57-,58-,59-,60-,61-,62-,63-,64-,65-,66-,67-,68-,69-,70-,71-,72-,73-,74-,77-,78-,79-/m0/s1. The van der Waals surface area contributed by atoms with Crippen molar-refractivity contribution in [1.82, 2.24) is 106 Å². The third-order valence-electron chi connectivity index (χ3n) is 25.1. The van der Waals surface area contributed by atoms with E-state index in [2.05, 4.69) is 101 Å². The number of thioether (sulfide) groups is 2. The van der Waals surface area contributed by atoms with E-state index in [1.54, 1.807) is 117 Å². The van der Waals surface area contributed by atoms with Crippen LogP contribution >= 0.6 is 23.5 Å². The maximum Gasteiger partial charge on any atom is 0.325 e. The third kappa shape index (κ3) is 50.8. The van der Waals surface area contributed by atoms with Gasteiger partial charge in [-0.3, -0.25) is 105 Å². The first-order valence-corrected chi connectivity index (χ1v) is 55.0. The van der Waals surface area contributed by atoms with Crippen molar-refractivity contribution in [2.24, 2.45) is 70.3 Å². The molecule has 21 amide bonds. The van der Waals surface area contributed by atoms with Crippen LogP contribution in [0.5, 0.6) is 0 Å². The highest BCUT2D eigenvalue weighted by Crippen LogP contribution is 2.23. The summed E-state index contributed by atoms with van der Waals surface area (Å²) in [7, 11) is 0. The summed E-state index contributed by atoms with van der Waals surface area (Å²) in [5.74, 6) is -21.4. The summed E-state index contributed by atoms with van der Waals surface area (Å²) in [5.41, 5.74) is 23.2. The van der Waals surface area contributed by atoms with Crippen LogP contribution in [0.3, 0.4) is 0 Å². The molecule has 1 fully saturated rings. The number of hydrogen-bond acceptors (Lipinski definition) is 29. The van der Waals surface area contributed by atoms with Crippen molar-refractivity contribution in [3.05, 3.63) is 0 Å². The molecule has 1 heterocycles. The van der Waals surface area contributed by atoms with E-state index < -0.39 is 301 Å². The molecule has 0 bridgehead atoms. The van der Waals surface area contributed by atoms with Crippen molar-refractivity contribution in [2.75, 3.05) is 63.4 Å². The molecule has 22 atom stereocenters. The van der Waals surface area contributed by atoms with Crippen molar-refractivity contribution < 1.29 is 121 Å². The van der Waals surface area contributed by atoms with Crippen LogP contribution in [0.2, 0.25) is 0 Å². The number of primary amides is 1. The van der Waals surface area contributed by atoms with Crippen LogP contribution in [0.1, 0.15) is 260 Å². The molecule has 0 saturated carbocycles. The van der Waals surface area contributed by atoms with Gasteiger partial charge in [0.2, 0.25) is 124 Å². The largest absolute Gasteiger partial charge is 0.480 e. The average molecular weight is 2170 g/mol. The number of nitrogens with two attached hydrogens (primary N) is 4. The van der Waals surface area contributed by atoms with Gasteiger partial charge in [0.05, 0.1) is 25.8 Å². The number of carbonyl (C=O) groups is 22. The molecular weight excluding hydrogens is 1990 g/mol. The summed E-state index contributed by atoms with van der Waals surface area (Å²) >= 11 is 2.81. The van der Waals surface area contributed by atoms with E-state index in [-0.39, 0.29) is 119 Å². The lowest BCUT2D eigenvalue weighted by Crippen LogP contribution is -2.61. The molecule has 0 aromatic rings. The van der Waals surface area contributed by atoms with Crippen LogP contribution in [0.25, 0.3) is 0 Å². The number of aliphatic hydroxyl groups is 2. The number of hydrogen-bond donors (Lipinski definition) is 26. The highest BCUT2D eigenvalue weighted by Gasteiger charge is 2.44. The summed E-state index contributed by atoms with van der Waals surface area (Å²) < 4.78 is 0. The van der Waals surface area contributed by atoms with Crippen LogP contribution in [-0.2, 0) is 105 Å². The minimum atomic E-state index is -1.77. The first kappa shape index (κ1) is 137. The number of nitrogens with one attached hydrogen (secondary N) is 19. The summed E-state index contributed by atoms with van der Waals surface area (Å²) in [6.07, 6.45) is 6.08. The van der Waals surface area contributed by atoms with Crippen LogP contribution in [-0.4, -0.2) is 334 Å². The lowest BCUT2D eigenvalue weighted by atomic mass is 9.97. The summed E-state index contributed by atoms with van der Waals surface area (Å²) in [6, 6.07) is -27.0. The lowest BCUT2D eigenvalue weighted by molar-refractivity contribution is -0.143. The number of likely N-dealkylation sites (tertiary alicyclic amines) is 1. The highest BCUT2D eigenvalue weighted by molar-refractivity contribution is 7.98. The Balaban J connectivity index is 3.38. The first-order chi connectivity index (χ1) is 70.3. The van der Waals surface area contributed by atoms with Crippen molar-refractivity contribution in [1.29, 1.82) is 0 Å². The van der Waals surface area contributed by atoms with Crippen LogP contribution in [0, 0.1) is 47.3 Å². The molecule has 49 nitrogen and oxygen atoms in total. The predicted octanol–water partition coefficient (Wildman–Crippen LogP) is -3.70. The molecule has 856 valence electrons.